The molecule has 18 heavy (non-hydrogen) atoms. The van der Waals surface area contributed by atoms with Crippen LogP contribution in [0.3, 0.4) is 0 Å². The zero-order valence-electron chi connectivity index (χ0n) is 10.7. The third-order valence-electron chi connectivity index (χ3n) is 3.38. The predicted molar refractivity (Wildman–Crippen MR) is 69.9 cm³/mol. The summed E-state index contributed by atoms with van der Waals surface area (Å²) < 4.78 is 0. The molecule has 0 aromatic heterocycles. The van der Waals surface area contributed by atoms with E-state index in [2.05, 4.69) is 0 Å². The quantitative estimate of drug-likeness (QED) is 0.829. The molecule has 2 rings (SSSR count). The lowest BCUT2D eigenvalue weighted by Gasteiger charge is -2.21. The third kappa shape index (κ3) is 3.23. The number of carbonyl (C=O) groups is 1. The fourth-order valence-corrected chi connectivity index (χ4v) is 2.07. The van der Waals surface area contributed by atoms with Gasteiger partial charge in [-0.05, 0) is 18.4 Å². The minimum absolute atomic E-state index is 0.0508. The van der Waals surface area contributed by atoms with Gasteiger partial charge in [-0.25, -0.2) is 0 Å². The van der Waals surface area contributed by atoms with Gasteiger partial charge in [0.15, 0.2) is 0 Å². The first-order valence-electron chi connectivity index (χ1n) is 6.35. The number of benzene rings is 1. The Labute approximate surface area is 107 Å². The van der Waals surface area contributed by atoms with Crippen LogP contribution < -0.4 is 5.73 Å². The third-order valence-corrected chi connectivity index (χ3v) is 3.38. The van der Waals surface area contributed by atoms with Crippen molar-refractivity contribution in [3.05, 3.63) is 29.8 Å². The molecule has 3 N–H and O–H groups in total. The summed E-state index contributed by atoms with van der Waals surface area (Å²) in [5.74, 6) is 0.806. The smallest absolute Gasteiger partial charge is 0.239 e. The molecule has 4 heteroatoms. The standard InChI is InChI=1S/C14H20N2O2/c1-16(9-11-4-2-3-5-13(11)17)14(18)12(15)8-10-6-7-10/h2-5,10,12,17H,6-9,15H2,1H3/t12-/m0/s1. The number of nitrogens with zero attached hydrogens (tertiary/aromatic N) is 1. The number of nitrogens with two attached hydrogens (primary N) is 1. The molecule has 1 aliphatic rings. The molecule has 1 amide bonds. The summed E-state index contributed by atoms with van der Waals surface area (Å²) in [6.07, 6.45) is 3.18. The SMILES string of the molecule is CN(Cc1ccccc1O)C(=O)[C@@H](N)CC1CC1. The lowest BCUT2D eigenvalue weighted by molar-refractivity contribution is -0.132. The molecule has 1 fully saturated rings. The number of aromatic hydroxyl groups is 1. The van der Waals surface area contributed by atoms with E-state index in [1.165, 1.54) is 12.8 Å². The van der Waals surface area contributed by atoms with E-state index in [1.807, 2.05) is 12.1 Å². The highest BCUT2D eigenvalue weighted by molar-refractivity contribution is 5.81. The Kier molecular flexibility index (Phi) is 3.87. The van der Waals surface area contributed by atoms with E-state index in [-0.39, 0.29) is 11.7 Å². The van der Waals surface area contributed by atoms with Crippen molar-refractivity contribution in [1.82, 2.24) is 4.90 Å². The van der Waals surface area contributed by atoms with E-state index in [0.29, 0.717) is 12.5 Å². The van der Waals surface area contributed by atoms with Crippen LogP contribution in [-0.4, -0.2) is 29.0 Å². The summed E-state index contributed by atoms with van der Waals surface area (Å²) in [4.78, 5) is 13.6. The van der Waals surface area contributed by atoms with Crippen molar-refractivity contribution >= 4 is 5.91 Å². The van der Waals surface area contributed by atoms with Gasteiger partial charge in [0, 0.05) is 19.2 Å². The zero-order valence-corrected chi connectivity index (χ0v) is 10.7. The van der Waals surface area contributed by atoms with Crippen molar-refractivity contribution < 1.29 is 9.90 Å². The van der Waals surface area contributed by atoms with Gasteiger partial charge < -0.3 is 15.7 Å². The van der Waals surface area contributed by atoms with Crippen LogP contribution in [-0.2, 0) is 11.3 Å². The number of carbonyl (C=O) groups excluding carboxylic acids is 1. The van der Waals surface area contributed by atoms with E-state index in [4.69, 9.17) is 5.73 Å². The number of likely N-dealkylation sites (N-methyl/N-ethyl adjacent to an activating group) is 1. The lowest BCUT2D eigenvalue weighted by atomic mass is 10.1. The van der Waals surface area contributed by atoms with Crippen LogP contribution in [0.15, 0.2) is 24.3 Å². The molecule has 0 aliphatic heterocycles. The Morgan fingerprint density at radius 2 is 2.17 bits per heavy atom. The van der Waals surface area contributed by atoms with Gasteiger partial charge in [0.1, 0.15) is 5.75 Å². The fourth-order valence-electron chi connectivity index (χ4n) is 2.07. The molecule has 0 bridgehead atoms. The molecule has 0 radical (unpaired) electrons. The van der Waals surface area contributed by atoms with Crippen LogP contribution in [0.1, 0.15) is 24.8 Å². The number of para-hydroxylation sites is 1. The van der Waals surface area contributed by atoms with Crippen molar-refractivity contribution in [3.63, 3.8) is 0 Å². The molecule has 1 saturated carbocycles. The first-order valence-corrected chi connectivity index (χ1v) is 6.35. The van der Waals surface area contributed by atoms with Crippen molar-refractivity contribution in [2.45, 2.75) is 31.8 Å². The van der Waals surface area contributed by atoms with Crippen LogP contribution in [0.2, 0.25) is 0 Å². The van der Waals surface area contributed by atoms with Gasteiger partial charge in [-0.15, -0.1) is 0 Å². The zero-order chi connectivity index (χ0) is 13.1. The van der Waals surface area contributed by atoms with Crippen LogP contribution in [0.5, 0.6) is 5.75 Å². The van der Waals surface area contributed by atoms with Crippen molar-refractivity contribution in [1.29, 1.82) is 0 Å². The molecule has 4 nitrogen and oxygen atoms in total. The first kappa shape index (κ1) is 12.9. The number of hydrogen-bond acceptors (Lipinski definition) is 3. The Hall–Kier alpha value is -1.55. The highest BCUT2D eigenvalue weighted by Gasteiger charge is 2.28. The lowest BCUT2D eigenvalue weighted by Crippen LogP contribution is -2.41. The first-order chi connectivity index (χ1) is 8.58. The van der Waals surface area contributed by atoms with Crippen molar-refractivity contribution in [2.24, 2.45) is 11.7 Å². The molecule has 1 aromatic carbocycles. The Balaban J connectivity index is 1.92. The summed E-state index contributed by atoms with van der Waals surface area (Å²) in [6, 6.07) is 6.63. The Morgan fingerprint density at radius 3 is 2.78 bits per heavy atom. The average molecular weight is 248 g/mol. The van der Waals surface area contributed by atoms with Crippen LogP contribution in [0, 0.1) is 5.92 Å². The van der Waals surface area contributed by atoms with Gasteiger partial charge in [-0.3, -0.25) is 4.79 Å². The summed E-state index contributed by atoms with van der Waals surface area (Å²) in [6.45, 7) is 0.393. The largest absolute Gasteiger partial charge is 0.508 e. The second-order valence-corrected chi connectivity index (χ2v) is 5.11. The number of rotatable bonds is 5. The second-order valence-electron chi connectivity index (χ2n) is 5.11. The maximum absolute atomic E-state index is 12.0. The highest BCUT2D eigenvalue weighted by Crippen LogP contribution is 2.33. The summed E-state index contributed by atoms with van der Waals surface area (Å²) in [5, 5.41) is 9.67. The van der Waals surface area contributed by atoms with E-state index in [1.54, 1.807) is 24.1 Å². The molecule has 1 aliphatic carbocycles. The molecule has 0 unspecified atom stereocenters. The molecular weight excluding hydrogens is 228 g/mol. The van der Waals surface area contributed by atoms with Gasteiger partial charge in [-0.1, -0.05) is 31.0 Å². The molecule has 1 aromatic rings. The molecule has 98 valence electrons. The molecule has 0 heterocycles. The average Bonchev–Trinajstić information content (AvgIpc) is 3.15. The number of hydrogen-bond donors (Lipinski definition) is 2. The van der Waals surface area contributed by atoms with E-state index < -0.39 is 6.04 Å². The normalized spacial score (nSPS) is 16.3. The van der Waals surface area contributed by atoms with Gasteiger partial charge in [0.05, 0.1) is 6.04 Å². The second kappa shape index (κ2) is 5.40. The van der Waals surface area contributed by atoms with Crippen molar-refractivity contribution in [2.75, 3.05) is 7.05 Å². The van der Waals surface area contributed by atoms with Crippen LogP contribution in [0.4, 0.5) is 0 Å². The minimum Gasteiger partial charge on any atom is -0.508 e. The molecule has 1 atom stereocenters. The van der Waals surface area contributed by atoms with E-state index in [0.717, 1.165) is 12.0 Å². The molecule has 0 spiro atoms. The maximum Gasteiger partial charge on any atom is 0.239 e. The molecule has 0 saturated heterocycles. The summed E-state index contributed by atoms with van der Waals surface area (Å²) in [7, 11) is 1.72. The maximum atomic E-state index is 12.0. The monoisotopic (exact) mass is 248 g/mol. The summed E-state index contributed by atoms with van der Waals surface area (Å²) >= 11 is 0. The van der Waals surface area contributed by atoms with Gasteiger partial charge in [-0.2, -0.15) is 0 Å². The predicted octanol–water partition coefficient (Wildman–Crippen LogP) is 1.48. The Bertz CT molecular complexity index is 430. The number of phenols is 1. The van der Waals surface area contributed by atoms with Crippen LogP contribution >= 0.6 is 0 Å². The van der Waals surface area contributed by atoms with Gasteiger partial charge >= 0.3 is 0 Å². The Morgan fingerprint density at radius 1 is 1.50 bits per heavy atom. The van der Waals surface area contributed by atoms with Gasteiger partial charge in [0.25, 0.3) is 0 Å². The van der Waals surface area contributed by atoms with Gasteiger partial charge in [0.2, 0.25) is 5.91 Å². The van der Waals surface area contributed by atoms with E-state index >= 15 is 0 Å². The van der Waals surface area contributed by atoms with E-state index in [9.17, 15) is 9.90 Å². The fraction of sp³-hybridized carbons (Fsp3) is 0.500. The topological polar surface area (TPSA) is 66.6 Å². The minimum atomic E-state index is -0.409. The summed E-state index contributed by atoms with van der Waals surface area (Å²) in [5.41, 5.74) is 6.64. The highest BCUT2D eigenvalue weighted by atomic mass is 16.3. The number of amides is 1. The number of phenolic OH excluding ortho intramolecular Hbond substituents is 1. The van der Waals surface area contributed by atoms with Crippen molar-refractivity contribution in [3.8, 4) is 5.75 Å². The molecular formula is C14H20N2O2. The van der Waals surface area contributed by atoms with Crippen LogP contribution in [0.25, 0.3) is 0 Å².